The number of esters is 1. The maximum atomic E-state index is 12.1. The number of thioether (sulfide) groups is 1. The summed E-state index contributed by atoms with van der Waals surface area (Å²) in [6.45, 7) is 1.15. The largest absolute Gasteiger partial charge is 0.456 e. The van der Waals surface area contributed by atoms with Crippen LogP contribution in [0.25, 0.3) is 0 Å². The summed E-state index contributed by atoms with van der Waals surface area (Å²) in [5.41, 5.74) is 1.21. The highest BCUT2D eigenvalue weighted by Crippen LogP contribution is 2.36. The average molecular weight is 440 g/mol. The van der Waals surface area contributed by atoms with E-state index in [2.05, 4.69) is 15.6 Å². The molecule has 0 aliphatic carbocycles. The highest BCUT2D eigenvalue weighted by atomic mass is 35.5. The Morgan fingerprint density at radius 3 is 2.82 bits per heavy atom. The molecule has 2 amide bonds. The Labute approximate surface area is 175 Å². The molecule has 2 aromatic rings. The zero-order valence-corrected chi connectivity index (χ0v) is 17.0. The van der Waals surface area contributed by atoms with Crippen LogP contribution in [0, 0.1) is 6.92 Å². The molecule has 0 spiro atoms. The van der Waals surface area contributed by atoms with Gasteiger partial charge in [0.15, 0.2) is 12.4 Å². The number of anilines is 2. The lowest BCUT2D eigenvalue weighted by atomic mass is 10.2. The second-order valence-corrected chi connectivity index (χ2v) is 7.95. The first-order valence-electron chi connectivity index (χ1n) is 8.18. The number of nitrogens with one attached hydrogen (secondary N) is 2. The van der Waals surface area contributed by atoms with E-state index in [-0.39, 0.29) is 23.2 Å². The number of benzene rings is 1. The van der Waals surface area contributed by atoms with E-state index in [1.54, 1.807) is 13.0 Å². The van der Waals surface area contributed by atoms with Gasteiger partial charge < -0.3 is 15.4 Å². The summed E-state index contributed by atoms with van der Waals surface area (Å²) < 4.78 is 4.97. The molecule has 0 saturated heterocycles. The minimum atomic E-state index is -0.659. The van der Waals surface area contributed by atoms with Crippen LogP contribution in [0.3, 0.4) is 0 Å². The van der Waals surface area contributed by atoms with Gasteiger partial charge in [-0.1, -0.05) is 35.3 Å². The molecule has 0 saturated carbocycles. The Balaban J connectivity index is 1.51. The van der Waals surface area contributed by atoms with Gasteiger partial charge in [-0.25, -0.2) is 4.98 Å². The van der Waals surface area contributed by atoms with Crippen molar-refractivity contribution in [2.45, 2.75) is 23.5 Å². The monoisotopic (exact) mass is 439 g/mol. The summed E-state index contributed by atoms with van der Waals surface area (Å²) in [5.74, 6) is -1.41. The Morgan fingerprint density at radius 1 is 1.29 bits per heavy atom. The predicted octanol–water partition coefficient (Wildman–Crippen LogP) is 3.68. The number of halogens is 2. The van der Waals surface area contributed by atoms with Crippen LogP contribution in [0.15, 0.2) is 35.2 Å². The van der Waals surface area contributed by atoms with Gasteiger partial charge in [-0.05, 0) is 25.1 Å². The number of aromatic nitrogens is 1. The van der Waals surface area contributed by atoms with Gasteiger partial charge >= 0.3 is 5.97 Å². The van der Waals surface area contributed by atoms with Gasteiger partial charge in [0.05, 0.1) is 33.1 Å². The van der Waals surface area contributed by atoms with Crippen molar-refractivity contribution < 1.29 is 19.1 Å². The Bertz CT molecular complexity index is 954. The van der Waals surface area contributed by atoms with Crippen LogP contribution in [0.1, 0.15) is 12.1 Å². The van der Waals surface area contributed by atoms with Crippen molar-refractivity contribution in [2.75, 3.05) is 17.2 Å². The number of hydrogen-bond donors (Lipinski definition) is 2. The molecule has 1 aromatic heterocycles. The minimum absolute atomic E-state index is 0.128. The van der Waals surface area contributed by atoms with Gasteiger partial charge in [0.2, 0.25) is 5.91 Å². The summed E-state index contributed by atoms with van der Waals surface area (Å²) >= 11 is 13.2. The quantitative estimate of drug-likeness (QED) is 0.689. The number of aryl methyl sites for hydroxylation is 1. The molecule has 7 nitrogen and oxygen atoms in total. The number of rotatable bonds is 5. The number of ether oxygens (including phenoxy) is 1. The molecule has 0 fully saturated rings. The molecule has 0 bridgehead atoms. The van der Waals surface area contributed by atoms with E-state index in [4.69, 9.17) is 27.9 Å². The van der Waals surface area contributed by atoms with Crippen molar-refractivity contribution in [2.24, 2.45) is 0 Å². The fourth-order valence-electron chi connectivity index (χ4n) is 2.40. The number of nitrogens with zero attached hydrogens (tertiary/aromatic N) is 1. The molecule has 0 radical (unpaired) electrons. The number of pyridine rings is 1. The van der Waals surface area contributed by atoms with Crippen LogP contribution in [-0.4, -0.2) is 34.6 Å². The SMILES string of the molecule is Cc1nc(NC(=O)COC(=O)CC2Sc3ccccc3NC2=O)c(Cl)cc1Cl. The van der Waals surface area contributed by atoms with Crippen LogP contribution in [0.2, 0.25) is 10.0 Å². The van der Waals surface area contributed by atoms with Crippen molar-refractivity contribution in [3.8, 4) is 0 Å². The first-order valence-corrected chi connectivity index (χ1v) is 9.81. The van der Waals surface area contributed by atoms with Crippen molar-refractivity contribution in [1.29, 1.82) is 0 Å². The maximum absolute atomic E-state index is 12.1. The third-order valence-electron chi connectivity index (χ3n) is 3.79. The molecule has 1 aliphatic rings. The molecule has 2 heterocycles. The summed E-state index contributed by atoms with van der Waals surface area (Å²) in [6, 6.07) is 8.77. The van der Waals surface area contributed by atoms with E-state index in [1.807, 2.05) is 18.2 Å². The lowest BCUT2D eigenvalue weighted by molar-refractivity contribution is -0.147. The highest BCUT2D eigenvalue weighted by molar-refractivity contribution is 8.01. The van der Waals surface area contributed by atoms with Gasteiger partial charge in [0.25, 0.3) is 5.91 Å². The van der Waals surface area contributed by atoms with Gasteiger partial charge in [-0.3, -0.25) is 14.4 Å². The predicted molar refractivity (Wildman–Crippen MR) is 108 cm³/mol. The van der Waals surface area contributed by atoms with Gasteiger partial charge in [0.1, 0.15) is 0 Å². The normalized spacial score (nSPS) is 15.4. The molecule has 1 aromatic carbocycles. The molecule has 1 atom stereocenters. The number of fused-ring (bicyclic) bond motifs is 1. The third-order valence-corrected chi connectivity index (χ3v) is 5.73. The standard InChI is InChI=1S/C18H15Cl2N3O4S/c1-9-10(19)6-11(20)17(21-9)23-15(24)8-27-16(25)7-14-18(26)22-12-4-2-3-5-13(12)28-14/h2-6,14H,7-8H2,1H3,(H,22,26)(H,21,23,24). The Hall–Kier alpha value is -2.29. The lowest BCUT2D eigenvalue weighted by Crippen LogP contribution is -2.32. The van der Waals surface area contributed by atoms with Gasteiger partial charge in [0, 0.05) is 4.90 Å². The first kappa shape index (κ1) is 20.4. The number of carbonyl (C=O) groups is 3. The van der Waals surface area contributed by atoms with Crippen LogP contribution in [-0.2, 0) is 19.1 Å². The van der Waals surface area contributed by atoms with E-state index < -0.39 is 23.7 Å². The maximum Gasteiger partial charge on any atom is 0.307 e. The van der Waals surface area contributed by atoms with E-state index in [0.717, 1.165) is 4.90 Å². The fraction of sp³-hybridized carbons (Fsp3) is 0.222. The van der Waals surface area contributed by atoms with Crippen LogP contribution >= 0.6 is 35.0 Å². The van der Waals surface area contributed by atoms with Crippen molar-refractivity contribution in [3.63, 3.8) is 0 Å². The van der Waals surface area contributed by atoms with Crippen molar-refractivity contribution in [1.82, 2.24) is 4.98 Å². The Kier molecular flexibility index (Phi) is 6.43. The number of hydrogen-bond acceptors (Lipinski definition) is 6. The van der Waals surface area contributed by atoms with Crippen molar-refractivity contribution in [3.05, 3.63) is 46.1 Å². The summed E-state index contributed by atoms with van der Waals surface area (Å²) in [4.78, 5) is 41.1. The number of amides is 2. The van der Waals surface area contributed by atoms with Crippen LogP contribution in [0.5, 0.6) is 0 Å². The summed E-state index contributed by atoms with van der Waals surface area (Å²) in [6.07, 6.45) is -0.156. The molecule has 1 aliphatic heterocycles. The topological polar surface area (TPSA) is 97.4 Å². The van der Waals surface area contributed by atoms with E-state index in [9.17, 15) is 14.4 Å². The lowest BCUT2D eigenvalue weighted by Gasteiger charge is -2.23. The molecule has 3 rings (SSSR count). The summed E-state index contributed by atoms with van der Waals surface area (Å²) in [7, 11) is 0. The first-order chi connectivity index (χ1) is 13.3. The number of carbonyl (C=O) groups excluding carboxylic acids is 3. The molecule has 1 unspecified atom stereocenters. The van der Waals surface area contributed by atoms with E-state index in [1.165, 1.54) is 17.8 Å². The minimum Gasteiger partial charge on any atom is -0.456 e. The smallest absolute Gasteiger partial charge is 0.307 e. The zero-order valence-electron chi connectivity index (χ0n) is 14.6. The fourth-order valence-corrected chi connectivity index (χ4v) is 3.90. The van der Waals surface area contributed by atoms with E-state index >= 15 is 0 Å². The zero-order chi connectivity index (χ0) is 20.3. The number of para-hydroxylation sites is 1. The highest BCUT2D eigenvalue weighted by Gasteiger charge is 2.29. The molecule has 146 valence electrons. The molecule has 28 heavy (non-hydrogen) atoms. The Morgan fingerprint density at radius 2 is 2.04 bits per heavy atom. The molecule has 2 N–H and O–H groups in total. The van der Waals surface area contributed by atoms with Crippen molar-refractivity contribution >= 4 is 64.3 Å². The molecule has 10 heteroatoms. The molecular formula is C18H15Cl2N3O4S. The van der Waals surface area contributed by atoms with Crippen LogP contribution < -0.4 is 10.6 Å². The molecular weight excluding hydrogens is 425 g/mol. The van der Waals surface area contributed by atoms with Gasteiger partial charge in [-0.15, -0.1) is 11.8 Å². The van der Waals surface area contributed by atoms with Gasteiger partial charge in [-0.2, -0.15) is 0 Å². The third kappa shape index (κ3) is 4.95. The van der Waals surface area contributed by atoms with Crippen LogP contribution in [0.4, 0.5) is 11.5 Å². The average Bonchev–Trinajstić information content (AvgIpc) is 2.65. The second-order valence-electron chi connectivity index (χ2n) is 5.89. The summed E-state index contributed by atoms with van der Waals surface area (Å²) in [5, 5.41) is 5.13. The van der Waals surface area contributed by atoms with E-state index in [0.29, 0.717) is 16.4 Å². The second kappa shape index (κ2) is 8.81.